The molecule has 0 unspecified atom stereocenters. The molecule has 1 rings (SSSR count). The first kappa shape index (κ1) is 15.4. The first-order chi connectivity index (χ1) is 8.58. The largest absolute Gasteiger partial charge is 0.444 e. The van der Waals surface area contributed by atoms with Gasteiger partial charge in [0.05, 0.1) is 12.2 Å². The number of carbonyl (C=O) groups is 1. The summed E-state index contributed by atoms with van der Waals surface area (Å²) in [7, 11) is -3.46. The van der Waals surface area contributed by atoms with Crippen LogP contribution in [0.1, 0.15) is 26.5 Å². The molecule has 0 aliphatic rings. The number of hydrogen-bond acceptors (Lipinski definition) is 6. The van der Waals surface area contributed by atoms with Gasteiger partial charge in [0, 0.05) is 12.5 Å². The third-order valence-corrected chi connectivity index (χ3v) is 2.70. The Labute approximate surface area is 112 Å². The lowest BCUT2D eigenvalue weighted by Gasteiger charge is -2.19. The van der Waals surface area contributed by atoms with Gasteiger partial charge in [-0.05, 0) is 26.8 Å². The molecular formula is C11H17N3O4S. The first-order valence-electron chi connectivity index (χ1n) is 5.57. The predicted molar refractivity (Wildman–Crippen MR) is 68.2 cm³/mol. The molecule has 19 heavy (non-hydrogen) atoms. The molecule has 0 saturated carbocycles. The zero-order valence-electron chi connectivity index (χ0n) is 11.3. The Morgan fingerprint density at radius 2 is 2.05 bits per heavy atom. The van der Waals surface area contributed by atoms with Crippen molar-refractivity contribution in [1.29, 1.82) is 0 Å². The summed E-state index contributed by atoms with van der Waals surface area (Å²) in [5, 5.41) is 2.22. The molecule has 0 aliphatic carbocycles. The highest BCUT2D eigenvalue weighted by atomic mass is 32.2. The van der Waals surface area contributed by atoms with Gasteiger partial charge in [-0.2, -0.15) is 0 Å². The van der Waals surface area contributed by atoms with E-state index in [1.807, 2.05) is 0 Å². The van der Waals surface area contributed by atoms with Crippen LogP contribution < -0.4 is 5.32 Å². The molecule has 0 spiro atoms. The lowest BCUT2D eigenvalue weighted by molar-refractivity contribution is 0.0523. The first-order valence-corrected chi connectivity index (χ1v) is 7.46. The molecule has 0 saturated heterocycles. The van der Waals surface area contributed by atoms with Crippen LogP contribution in [0, 0.1) is 0 Å². The molecule has 0 aliphatic heterocycles. The van der Waals surface area contributed by atoms with E-state index in [1.54, 1.807) is 20.8 Å². The lowest BCUT2D eigenvalue weighted by Crippen LogP contribution is -2.32. The lowest BCUT2D eigenvalue weighted by atomic mass is 10.2. The van der Waals surface area contributed by atoms with Crippen molar-refractivity contribution in [1.82, 2.24) is 15.3 Å². The van der Waals surface area contributed by atoms with Crippen molar-refractivity contribution in [2.75, 3.05) is 6.26 Å². The van der Waals surface area contributed by atoms with Crippen molar-refractivity contribution >= 4 is 15.9 Å². The summed E-state index contributed by atoms with van der Waals surface area (Å²) in [5.74, 6) is 0. The molecule has 106 valence electrons. The van der Waals surface area contributed by atoms with Crippen molar-refractivity contribution in [3.8, 4) is 0 Å². The highest BCUT2D eigenvalue weighted by Crippen LogP contribution is 2.07. The molecule has 0 fully saturated rings. The molecule has 0 radical (unpaired) electrons. The van der Waals surface area contributed by atoms with E-state index in [9.17, 15) is 13.2 Å². The summed E-state index contributed by atoms with van der Waals surface area (Å²) in [6.07, 6.45) is 1.76. The number of nitrogens with one attached hydrogen (secondary N) is 1. The predicted octanol–water partition coefficient (Wildman–Crippen LogP) is 0.905. The summed E-state index contributed by atoms with van der Waals surface area (Å²) in [4.78, 5) is 18.9. The third-order valence-electron chi connectivity index (χ3n) is 1.84. The molecule has 7 nitrogen and oxygen atoms in total. The molecule has 0 aromatic carbocycles. The Hall–Kier alpha value is -1.70. The van der Waals surface area contributed by atoms with Crippen LogP contribution >= 0.6 is 0 Å². The molecule has 1 N–H and O–H groups in total. The van der Waals surface area contributed by atoms with Crippen LogP contribution in [0.3, 0.4) is 0 Å². The summed E-state index contributed by atoms with van der Waals surface area (Å²) >= 11 is 0. The second kappa shape index (κ2) is 5.52. The van der Waals surface area contributed by atoms with Crippen molar-refractivity contribution in [2.45, 2.75) is 38.1 Å². The Morgan fingerprint density at radius 3 is 2.58 bits per heavy atom. The Morgan fingerprint density at radius 1 is 1.42 bits per heavy atom. The number of hydrogen-bond donors (Lipinski definition) is 1. The zero-order valence-corrected chi connectivity index (χ0v) is 12.1. The number of nitrogens with zero attached hydrogens (tertiary/aromatic N) is 2. The van der Waals surface area contributed by atoms with Crippen molar-refractivity contribution in [3.05, 3.63) is 18.0 Å². The number of aromatic nitrogens is 2. The maximum Gasteiger partial charge on any atom is 0.407 e. The number of alkyl carbamates (subject to hydrolysis) is 1. The van der Waals surface area contributed by atoms with Gasteiger partial charge in [0.15, 0.2) is 0 Å². The van der Waals surface area contributed by atoms with E-state index in [1.165, 1.54) is 12.3 Å². The summed E-state index contributed by atoms with van der Waals surface area (Å²) in [5.41, 5.74) is -0.200. The fourth-order valence-electron chi connectivity index (χ4n) is 1.13. The van der Waals surface area contributed by atoms with Gasteiger partial charge in [0.1, 0.15) is 5.60 Å². The van der Waals surface area contributed by atoms with Crippen molar-refractivity contribution in [2.24, 2.45) is 0 Å². The monoisotopic (exact) mass is 287 g/mol. The van der Waals surface area contributed by atoms with Crippen LogP contribution in [0.25, 0.3) is 0 Å². The number of rotatable bonds is 3. The topological polar surface area (TPSA) is 98.2 Å². The molecule has 0 bridgehead atoms. The maximum atomic E-state index is 11.4. The molecule has 0 atom stereocenters. The molecular weight excluding hydrogens is 270 g/mol. The van der Waals surface area contributed by atoms with E-state index >= 15 is 0 Å². The van der Waals surface area contributed by atoms with Gasteiger partial charge >= 0.3 is 6.09 Å². The number of ether oxygens (including phenoxy) is 1. The van der Waals surface area contributed by atoms with Crippen LogP contribution in [-0.4, -0.2) is 36.3 Å². The van der Waals surface area contributed by atoms with Gasteiger partial charge in [-0.1, -0.05) is 0 Å². The average Bonchev–Trinajstić information content (AvgIpc) is 2.23. The van der Waals surface area contributed by atoms with Gasteiger partial charge in [-0.3, -0.25) is 0 Å². The van der Waals surface area contributed by atoms with Crippen LogP contribution in [0.5, 0.6) is 0 Å². The van der Waals surface area contributed by atoms with Gasteiger partial charge in [-0.25, -0.2) is 23.2 Å². The van der Waals surface area contributed by atoms with Crippen LogP contribution in [0.2, 0.25) is 0 Å². The average molecular weight is 287 g/mol. The van der Waals surface area contributed by atoms with E-state index in [0.717, 1.165) is 6.26 Å². The Bertz CT molecular complexity index is 564. The van der Waals surface area contributed by atoms with Crippen LogP contribution in [0.15, 0.2) is 17.4 Å². The van der Waals surface area contributed by atoms with Crippen molar-refractivity contribution < 1.29 is 17.9 Å². The molecule has 8 heteroatoms. The van der Waals surface area contributed by atoms with E-state index in [4.69, 9.17) is 4.74 Å². The summed E-state index contributed by atoms with van der Waals surface area (Å²) in [6, 6.07) is 1.52. The minimum atomic E-state index is -3.46. The summed E-state index contributed by atoms with van der Waals surface area (Å²) in [6.45, 7) is 5.32. The second-order valence-corrected chi connectivity index (χ2v) is 6.87. The number of amides is 1. The normalized spacial score (nSPS) is 12.0. The van der Waals surface area contributed by atoms with E-state index in [2.05, 4.69) is 15.3 Å². The van der Waals surface area contributed by atoms with Gasteiger partial charge in [-0.15, -0.1) is 0 Å². The molecule has 1 heterocycles. The van der Waals surface area contributed by atoms with Crippen LogP contribution in [-0.2, 0) is 21.1 Å². The molecule has 1 amide bonds. The quantitative estimate of drug-likeness (QED) is 0.829. The third kappa shape index (κ3) is 5.64. The van der Waals surface area contributed by atoms with E-state index < -0.39 is 21.5 Å². The Balaban J connectivity index is 2.67. The molecule has 1 aromatic rings. The van der Waals surface area contributed by atoms with E-state index in [0.29, 0.717) is 5.69 Å². The summed E-state index contributed by atoms with van der Waals surface area (Å²) < 4.78 is 27.6. The number of carbonyl (C=O) groups excluding carboxylic acids is 1. The standard InChI is InChI=1S/C11H17N3O4S/c1-11(2,3)18-10(15)13-7-8-5-6-12-9(14-8)19(4,16)17/h5-6H,7H2,1-4H3,(H,13,15). The minimum Gasteiger partial charge on any atom is -0.444 e. The fraction of sp³-hybridized carbons (Fsp3) is 0.545. The minimum absolute atomic E-state index is 0.0694. The SMILES string of the molecule is CC(C)(C)OC(=O)NCc1ccnc(S(C)(=O)=O)n1. The van der Waals surface area contributed by atoms with Gasteiger partial charge in [0.25, 0.3) is 0 Å². The van der Waals surface area contributed by atoms with Crippen molar-refractivity contribution in [3.63, 3.8) is 0 Å². The maximum absolute atomic E-state index is 11.4. The smallest absolute Gasteiger partial charge is 0.407 e. The number of sulfone groups is 1. The highest BCUT2D eigenvalue weighted by Gasteiger charge is 2.16. The second-order valence-electron chi connectivity index (χ2n) is 4.96. The van der Waals surface area contributed by atoms with Gasteiger partial charge < -0.3 is 10.1 Å². The van der Waals surface area contributed by atoms with Crippen LogP contribution in [0.4, 0.5) is 4.79 Å². The Kier molecular flexibility index (Phi) is 4.46. The highest BCUT2D eigenvalue weighted by molar-refractivity contribution is 7.90. The van der Waals surface area contributed by atoms with E-state index in [-0.39, 0.29) is 11.7 Å². The fourth-order valence-corrected chi connectivity index (χ4v) is 1.67. The van der Waals surface area contributed by atoms with Gasteiger partial charge in [0.2, 0.25) is 15.0 Å². The molecule has 1 aromatic heterocycles. The zero-order chi connectivity index (χ0) is 14.7.